The third-order valence-electron chi connectivity index (χ3n) is 4.34. The number of aryl methyl sites for hydroxylation is 1. The first kappa shape index (κ1) is 18.2. The molecule has 4 rings (SSSR count). The van der Waals surface area contributed by atoms with Crippen LogP contribution in [0.4, 0.5) is 5.69 Å². The molecule has 1 aliphatic heterocycles. The van der Waals surface area contributed by atoms with E-state index in [9.17, 15) is 19.8 Å². The van der Waals surface area contributed by atoms with E-state index >= 15 is 0 Å². The van der Waals surface area contributed by atoms with Gasteiger partial charge in [0.05, 0.1) is 21.6 Å². The number of aromatic hydroxyl groups is 1. The maximum Gasteiger partial charge on any atom is 0.339 e. The Balaban J connectivity index is 1.73. The number of para-hydroxylation sites is 2. The summed E-state index contributed by atoms with van der Waals surface area (Å²) in [6.07, 6.45) is 1.66. The summed E-state index contributed by atoms with van der Waals surface area (Å²) in [4.78, 5) is 30.3. The van der Waals surface area contributed by atoms with E-state index in [0.717, 1.165) is 22.8 Å². The van der Waals surface area contributed by atoms with E-state index in [4.69, 9.17) is 12.2 Å². The summed E-state index contributed by atoms with van der Waals surface area (Å²) in [5.74, 6) is -1.43. The minimum Gasteiger partial charge on any atom is -0.507 e. The van der Waals surface area contributed by atoms with Gasteiger partial charge < -0.3 is 14.8 Å². The zero-order valence-corrected chi connectivity index (χ0v) is 16.1. The van der Waals surface area contributed by atoms with Gasteiger partial charge in [0.2, 0.25) is 0 Å². The van der Waals surface area contributed by atoms with Gasteiger partial charge in [-0.1, -0.05) is 36.1 Å². The van der Waals surface area contributed by atoms with Crippen molar-refractivity contribution in [1.82, 2.24) is 9.55 Å². The fourth-order valence-corrected chi connectivity index (χ4v) is 4.20. The number of phenols is 1. The molecule has 0 aliphatic carbocycles. The number of aromatic nitrogens is 2. The lowest BCUT2D eigenvalue weighted by molar-refractivity contribution is -0.113. The summed E-state index contributed by atoms with van der Waals surface area (Å²) in [6, 6.07) is 11.5. The number of thioether (sulfide) groups is 1. The lowest BCUT2D eigenvalue weighted by Crippen LogP contribution is -2.27. The number of amides is 1. The number of nitrogens with zero attached hydrogens (tertiary/aromatic N) is 3. The van der Waals surface area contributed by atoms with Crippen LogP contribution in [-0.2, 0) is 11.8 Å². The molecule has 1 fully saturated rings. The van der Waals surface area contributed by atoms with Crippen molar-refractivity contribution in [3.8, 4) is 5.75 Å². The Morgan fingerprint density at radius 2 is 2.00 bits per heavy atom. The smallest absolute Gasteiger partial charge is 0.339 e. The van der Waals surface area contributed by atoms with E-state index in [-0.39, 0.29) is 27.2 Å². The molecule has 2 heterocycles. The van der Waals surface area contributed by atoms with Crippen molar-refractivity contribution >= 4 is 63.0 Å². The highest BCUT2D eigenvalue weighted by atomic mass is 32.2. The minimum atomic E-state index is -1.29. The number of hydrogen-bond donors (Lipinski definition) is 2. The van der Waals surface area contributed by atoms with Crippen molar-refractivity contribution < 1.29 is 19.8 Å². The number of carbonyl (C=O) groups excluding carboxylic acids is 1. The van der Waals surface area contributed by atoms with Crippen LogP contribution < -0.4 is 4.90 Å². The molecule has 1 saturated heterocycles. The van der Waals surface area contributed by atoms with Gasteiger partial charge >= 0.3 is 5.97 Å². The zero-order valence-electron chi connectivity index (χ0n) is 14.5. The number of carboxylic acid groups (broad SMARTS) is 1. The van der Waals surface area contributed by atoms with Crippen LogP contribution in [0.3, 0.4) is 0 Å². The number of aromatic carboxylic acids is 1. The van der Waals surface area contributed by atoms with Gasteiger partial charge in [0.1, 0.15) is 17.1 Å². The van der Waals surface area contributed by atoms with Crippen molar-refractivity contribution in [3.63, 3.8) is 0 Å². The molecular formula is C19H13N3O4S2. The van der Waals surface area contributed by atoms with Crippen LogP contribution >= 0.6 is 24.0 Å². The Morgan fingerprint density at radius 3 is 2.71 bits per heavy atom. The number of fused-ring (bicyclic) bond motifs is 1. The molecule has 7 nitrogen and oxygen atoms in total. The standard InChI is InChI=1S/C19H13N3O4S2/c1-21-13-5-3-2-4-12(13)20-16(21)9-15-17(24)22(19(27)28-15)10-6-7-14(23)11(8-10)18(25)26/h2-9,23H,1H3,(H,25,26)/b15-9+. The summed E-state index contributed by atoms with van der Waals surface area (Å²) in [5.41, 5.74) is 1.74. The van der Waals surface area contributed by atoms with Gasteiger partial charge in [0.25, 0.3) is 5.91 Å². The van der Waals surface area contributed by atoms with E-state index in [1.807, 2.05) is 35.9 Å². The molecule has 1 aliphatic rings. The second-order valence-electron chi connectivity index (χ2n) is 6.04. The average molecular weight is 411 g/mol. The van der Waals surface area contributed by atoms with Gasteiger partial charge in [-0.15, -0.1) is 0 Å². The topological polar surface area (TPSA) is 95.7 Å². The largest absolute Gasteiger partial charge is 0.507 e. The Hall–Kier alpha value is -3.17. The highest BCUT2D eigenvalue weighted by molar-refractivity contribution is 8.27. The summed E-state index contributed by atoms with van der Waals surface area (Å²) in [6.45, 7) is 0. The number of carbonyl (C=O) groups is 2. The van der Waals surface area contributed by atoms with Gasteiger partial charge in [-0.3, -0.25) is 9.69 Å². The average Bonchev–Trinajstić information content (AvgIpc) is 3.12. The third-order valence-corrected chi connectivity index (χ3v) is 5.65. The number of carboxylic acids is 1. The van der Waals surface area contributed by atoms with Gasteiger partial charge in [-0.2, -0.15) is 0 Å². The van der Waals surface area contributed by atoms with Crippen LogP contribution in [0, 0.1) is 0 Å². The van der Waals surface area contributed by atoms with Crippen LogP contribution in [0.2, 0.25) is 0 Å². The summed E-state index contributed by atoms with van der Waals surface area (Å²) < 4.78 is 2.15. The lowest BCUT2D eigenvalue weighted by Gasteiger charge is -2.15. The molecule has 3 aromatic rings. The van der Waals surface area contributed by atoms with E-state index in [1.54, 1.807) is 6.08 Å². The molecular weight excluding hydrogens is 398 g/mol. The monoisotopic (exact) mass is 411 g/mol. The van der Waals surface area contributed by atoms with Crippen molar-refractivity contribution in [1.29, 1.82) is 0 Å². The van der Waals surface area contributed by atoms with Crippen LogP contribution in [0.15, 0.2) is 47.4 Å². The maximum atomic E-state index is 12.9. The van der Waals surface area contributed by atoms with Gasteiger partial charge in [-0.25, -0.2) is 9.78 Å². The summed E-state index contributed by atoms with van der Waals surface area (Å²) >= 11 is 6.44. The van der Waals surface area contributed by atoms with Crippen molar-refractivity contribution in [2.75, 3.05) is 4.90 Å². The lowest BCUT2D eigenvalue weighted by atomic mass is 10.1. The van der Waals surface area contributed by atoms with E-state index in [1.165, 1.54) is 23.1 Å². The number of anilines is 1. The zero-order chi connectivity index (χ0) is 20.0. The molecule has 0 atom stereocenters. The molecule has 1 aromatic heterocycles. The second kappa shape index (κ2) is 6.77. The molecule has 0 saturated carbocycles. The highest BCUT2D eigenvalue weighted by Gasteiger charge is 2.34. The molecule has 2 N–H and O–H groups in total. The quantitative estimate of drug-likeness (QED) is 0.504. The molecule has 1 amide bonds. The van der Waals surface area contributed by atoms with E-state index < -0.39 is 5.97 Å². The van der Waals surface area contributed by atoms with Crippen molar-refractivity contribution in [2.24, 2.45) is 7.05 Å². The van der Waals surface area contributed by atoms with Crippen molar-refractivity contribution in [2.45, 2.75) is 0 Å². The number of imidazole rings is 1. The molecule has 140 valence electrons. The number of thiocarbonyl (C=S) groups is 1. The highest BCUT2D eigenvalue weighted by Crippen LogP contribution is 2.37. The van der Waals surface area contributed by atoms with Crippen LogP contribution in [0.25, 0.3) is 17.1 Å². The first-order chi connectivity index (χ1) is 13.4. The van der Waals surface area contributed by atoms with Crippen LogP contribution in [-0.4, -0.2) is 36.0 Å². The Bertz CT molecular complexity index is 1200. The van der Waals surface area contributed by atoms with Gasteiger partial charge in [0.15, 0.2) is 4.32 Å². The second-order valence-corrected chi connectivity index (χ2v) is 7.72. The predicted octanol–water partition coefficient (Wildman–Crippen LogP) is 3.38. The van der Waals surface area contributed by atoms with E-state index in [2.05, 4.69) is 4.98 Å². The molecule has 2 aromatic carbocycles. The molecule has 0 radical (unpaired) electrons. The molecule has 28 heavy (non-hydrogen) atoms. The fourth-order valence-electron chi connectivity index (χ4n) is 2.94. The Morgan fingerprint density at radius 1 is 1.25 bits per heavy atom. The molecule has 9 heteroatoms. The first-order valence-electron chi connectivity index (χ1n) is 8.12. The normalized spacial score (nSPS) is 15.8. The van der Waals surface area contributed by atoms with Crippen LogP contribution in [0.1, 0.15) is 16.2 Å². The number of benzene rings is 2. The predicted molar refractivity (Wildman–Crippen MR) is 111 cm³/mol. The molecule has 0 bridgehead atoms. The third kappa shape index (κ3) is 2.94. The summed E-state index contributed by atoms with van der Waals surface area (Å²) in [5, 5.41) is 18.9. The van der Waals surface area contributed by atoms with Gasteiger partial charge in [-0.05, 0) is 30.3 Å². The van der Waals surface area contributed by atoms with Crippen LogP contribution in [0.5, 0.6) is 5.75 Å². The summed E-state index contributed by atoms with van der Waals surface area (Å²) in [7, 11) is 1.86. The van der Waals surface area contributed by atoms with Crippen molar-refractivity contribution in [3.05, 3.63) is 58.8 Å². The molecule has 0 spiro atoms. The fraction of sp³-hybridized carbons (Fsp3) is 0.0526. The van der Waals surface area contributed by atoms with Gasteiger partial charge in [0, 0.05) is 13.1 Å². The Kier molecular flexibility index (Phi) is 4.40. The molecule has 0 unspecified atom stereocenters. The maximum absolute atomic E-state index is 12.9. The number of rotatable bonds is 3. The SMILES string of the molecule is Cn1c(/C=C2/SC(=S)N(c3ccc(O)c(C(=O)O)c3)C2=O)nc2ccccc21. The Labute approximate surface area is 168 Å². The minimum absolute atomic E-state index is 0.275. The van der Waals surface area contributed by atoms with E-state index in [0.29, 0.717) is 10.7 Å². The number of hydrogen-bond acceptors (Lipinski definition) is 6. The first-order valence-corrected chi connectivity index (χ1v) is 9.35.